The molecule has 1 fully saturated rings. The lowest BCUT2D eigenvalue weighted by molar-refractivity contribution is -0.140. The second-order valence-electron chi connectivity index (χ2n) is 5.31. The van der Waals surface area contributed by atoms with Crippen LogP contribution in [-0.2, 0) is 9.59 Å². The maximum absolute atomic E-state index is 12.5. The van der Waals surface area contributed by atoms with E-state index in [1.54, 1.807) is 19.1 Å². The molecule has 26 heavy (non-hydrogen) atoms. The highest BCUT2D eigenvalue weighted by Gasteiger charge is 2.42. The van der Waals surface area contributed by atoms with Gasteiger partial charge in [-0.2, -0.15) is 0 Å². The molecule has 2 rings (SSSR count). The number of hydrogen-bond donors (Lipinski definition) is 4. The van der Waals surface area contributed by atoms with Crippen molar-refractivity contribution in [2.24, 2.45) is 5.92 Å². The second-order valence-corrected chi connectivity index (χ2v) is 5.31. The minimum Gasteiger partial charge on any atom is -0.507 e. The molecule has 0 radical (unpaired) electrons. The number of rotatable bonds is 6. The number of nitrogens with one attached hydrogen (secondary N) is 3. The fraction of sp³-hybridized carbons (Fsp3) is 0.176. The first-order valence-electron chi connectivity index (χ1n) is 7.68. The van der Waals surface area contributed by atoms with Gasteiger partial charge < -0.3 is 10.5 Å². The van der Waals surface area contributed by atoms with Crippen LogP contribution < -0.4 is 16.2 Å². The molecule has 9 nitrogen and oxygen atoms in total. The zero-order valence-electron chi connectivity index (χ0n) is 14.0. The maximum Gasteiger partial charge on any atom is 0.331 e. The standard InChI is InChI=1S/C17H18N4O5/c1-3-9-21-16(25)13(15(24)18-17(21)26)11(4-2)19-20-14(23)10-7-5-6-8-12(10)22/h3-8,13,19,22H,1,9H2,2H3,(H,20,23)(H,18,24,26)/b11-4+/t13-/m0/s1. The summed E-state index contributed by atoms with van der Waals surface area (Å²) >= 11 is 0. The van der Waals surface area contributed by atoms with Crippen molar-refractivity contribution in [1.29, 1.82) is 0 Å². The average Bonchev–Trinajstić information content (AvgIpc) is 2.61. The third-order valence-corrected chi connectivity index (χ3v) is 3.65. The van der Waals surface area contributed by atoms with E-state index in [4.69, 9.17) is 0 Å². The van der Waals surface area contributed by atoms with Gasteiger partial charge in [0.2, 0.25) is 11.8 Å². The van der Waals surface area contributed by atoms with E-state index in [1.165, 1.54) is 24.3 Å². The number of amides is 5. The van der Waals surface area contributed by atoms with Crippen LogP contribution in [-0.4, -0.2) is 40.3 Å². The monoisotopic (exact) mass is 358 g/mol. The Hall–Kier alpha value is -3.62. The largest absolute Gasteiger partial charge is 0.507 e. The Balaban J connectivity index is 2.15. The number of hydrazine groups is 1. The Kier molecular flexibility index (Phi) is 5.74. The number of aromatic hydroxyl groups is 1. The minimum atomic E-state index is -1.33. The molecule has 136 valence electrons. The van der Waals surface area contributed by atoms with E-state index >= 15 is 0 Å². The fourth-order valence-electron chi connectivity index (χ4n) is 2.36. The highest BCUT2D eigenvalue weighted by molar-refractivity contribution is 6.17. The number of para-hydroxylation sites is 1. The van der Waals surface area contributed by atoms with Crippen LogP contribution in [0.25, 0.3) is 0 Å². The van der Waals surface area contributed by atoms with E-state index in [9.17, 15) is 24.3 Å². The van der Waals surface area contributed by atoms with Crippen molar-refractivity contribution in [3.63, 3.8) is 0 Å². The van der Waals surface area contributed by atoms with Gasteiger partial charge in [-0.05, 0) is 19.1 Å². The Morgan fingerprint density at radius 2 is 2.00 bits per heavy atom. The van der Waals surface area contributed by atoms with Crippen LogP contribution in [0.5, 0.6) is 5.75 Å². The summed E-state index contributed by atoms with van der Waals surface area (Å²) in [4.78, 5) is 49.3. The number of barbiturate groups is 1. The summed E-state index contributed by atoms with van der Waals surface area (Å²) in [5.74, 6) is -3.76. The van der Waals surface area contributed by atoms with Gasteiger partial charge in [-0.1, -0.05) is 24.3 Å². The molecule has 4 N–H and O–H groups in total. The van der Waals surface area contributed by atoms with Crippen molar-refractivity contribution in [1.82, 2.24) is 21.1 Å². The molecule has 1 atom stereocenters. The summed E-state index contributed by atoms with van der Waals surface area (Å²) in [7, 11) is 0. The number of phenols is 1. The van der Waals surface area contributed by atoms with Gasteiger partial charge in [-0.15, -0.1) is 6.58 Å². The third-order valence-electron chi connectivity index (χ3n) is 3.65. The highest BCUT2D eigenvalue weighted by Crippen LogP contribution is 2.18. The number of nitrogens with zero attached hydrogens (tertiary/aromatic N) is 1. The smallest absolute Gasteiger partial charge is 0.331 e. The SMILES string of the molecule is C=CCN1C(=O)NC(=O)[C@H](/C(=C\C)NNC(=O)c2ccccc2O)C1=O. The molecule has 0 aromatic heterocycles. The molecule has 0 bridgehead atoms. The average molecular weight is 358 g/mol. The van der Waals surface area contributed by atoms with Crippen molar-refractivity contribution in [2.45, 2.75) is 6.92 Å². The van der Waals surface area contributed by atoms with Gasteiger partial charge in [0, 0.05) is 12.2 Å². The minimum absolute atomic E-state index is 0.0123. The van der Waals surface area contributed by atoms with Gasteiger partial charge in [0.15, 0.2) is 5.92 Å². The number of urea groups is 1. The number of allylic oxidation sites excluding steroid dienone is 1. The lowest BCUT2D eigenvalue weighted by Crippen LogP contribution is -2.60. The molecule has 0 saturated carbocycles. The van der Waals surface area contributed by atoms with Crippen molar-refractivity contribution < 1.29 is 24.3 Å². The highest BCUT2D eigenvalue weighted by atomic mass is 16.3. The Morgan fingerprint density at radius 3 is 2.62 bits per heavy atom. The van der Waals surface area contributed by atoms with Gasteiger partial charge in [-0.25, -0.2) is 4.79 Å². The number of benzene rings is 1. The van der Waals surface area contributed by atoms with E-state index in [0.717, 1.165) is 4.90 Å². The van der Waals surface area contributed by atoms with Gasteiger partial charge in [0.05, 0.1) is 5.56 Å². The van der Waals surface area contributed by atoms with Crippen molar-refractivity contribution in [2.75, 3.05) is 6.54 Å². The zero-order chi connectivity index (χ0) is 19.3. The summed E-state index contributed by atoms with van der Waals surface area (Å²) in [6, 6.07) is 5.06. The summed E-state index contributed by atoms with van der Waals surface area (Å²) < 4.78 is 0. The van der Waals surface area contributed by atoms with E-state index in [-0.39, 0.29) is 23.6 Å². The van der Waals surface area contributed by atoms with E-state index in [1.807, 2.05) is 0 Å². The van der Waals surface area contributed by atoms with Gasteiger partial charge in [0.1, 0.15) is 5.75 Å². The Bertz CT molecular complexity index is 802. The molecule has 0 spiro atoms. The molecule has 1 aliphatic rings. The van der Waals surface area contributed by atoms with E-state index in [2.05, 4.69) is 22.7 Å². The van der Waals surface area contributed by atoms with Crippen LogP contribution in [0.2, 0.25) is 0 Å². The van der Waals surface area contributed by atoms with Gasteiger partial charge >= 0.3 is 6.03 Å². The summed E-state index contributed by atoms with van der Waals surface area (Å²) in [5, 5.41) is 11.8. The molecule has 1 aromatic rings. The first kappa shape index (κ1) is 18.7. The lowest BCUT2D eigenvalue weighted by Gasteiger charge is -2.30. The molecule has 5 amide bonds. The lowest BCUT2D eigenvalue weighted by atomic mass is 10.0. The quantitative estimate of drug-likeness (QED) is 0.331. The number of hydrogen-bond acceptors (Lipinski definition) is 6. The molecule has 0 unspecified atom stereocenters. The molecule has 0 aliphatic carbocycles. The summed E-state index contributed by atoms with van der Waals surface area (Å²) in [5.41, 5.74) is 4.92. The zero-order valence-corrected chi connectivity index (χ0v) is 14.0. The molecular weight excluding hydrogens is 340 g/mol. The van der Waals surface area contributed by atoms with E-state index < -0.39 is 29.7 Å². The van der Waals surface area contributed by atoms with Crippen molar-refractivity contribution in [3.05, 3.63) is 54.3 Å². The number of imide groups is 2. The molecule has 1 aromatic carbocycles. The van der Waals surface area contributed by atoms with Gasteiger partial charge in [0.25, 0.3) is 5.91 Å². The number of phenolic OH excluding ortho intramolecular Hbond substituents is 1. The van der Waals surface area contributed by atoms with E-state index in [0.29, 0.717) is 0 Å². The van der Waals surface area contributed by atoms with Crippen LogP contribution in [0, 0.1) is 5.92 Å². The number of carbonyl (C=O) groups is 4. The second kappa shape index (κ2) is 7.97. The molecule has 1 heterocycles. The van der Waals surface area contributed by atoms with Gasteiger partial charge in [-0.3, -0.25) is 30.0 Å². The number of carbonyl (C=O) groups excluding carboxylic acids is 4. The van der Waals surface area contributed by atoms with Crippen LogP contribution in [0.1, 0.15) is 17.3 Å². The molecule has 1 saturated heterocycles. The molecule has 1 aliphatic heterocycles. The van der Waals surface area contributed by atoms with Crippen LogP contribution in [0.3, 0.4) is 0 Å². The first-order valence-corrected chi connectivity index (χ1v) is 7.68. The first-order chi connectivity index (χ1) is 12.4. The molecule has 9 heteroatoms. The van der Waals surface area contributed by atoms with Crippen molar-refractivity contribution in [3.8, 4) is 5.75 Å². The van der Waals surface area contributed by atoms with Crippen LogP contribution in [0.15, 0.2) is 48.7 Å². The third kappa shape index (κ3) is 3.72. The predicted octanol–water partition coefficient (Wildman–Crippen LogP) is 0.411. The molecular formula is C17H18N4O5. The Morgan fingerprint density at radius 1 is 1.31 bits per heavy atom. The fourth-order valence-corrected chi connectivity index (χ4v) is 2.36. The maximum atomic E-state index is 12.5. The van der Waals surface area contributed by atoms with Crippen LogP contribution in [0.4, 0.5) is 4.79 Å². The Labute approximate surface area is 149 Å². The van der Waals surface area contributed by atoms with Crippen LogP contribution >= 0.6 is 0 Å². The summed E-state index contributed by atoms with van der Waals surface area (Å²) in [6.45, 7) is 4.96. The normalized spacial score (nSPS) is 17.6. The predicted molar refractivity (Wildman–Crippen MR) is 91.4 cm³/mol. The topological polar surface area (TPSA) is 128 Å². The van der Waals surface area contributed by atoms with Crippen molar-refractivity contribution >= 4 is 23.8 Å². The summed E-state index contributed by atoms with van der Waals surface area (Å²) in [6.07, 6.45) is 2.78.